The molecule has 0 atom stereocenters. The molecule has 32 heavy (non-hydrogen) atoms. The summed E-state index contributed by atoms with van der Waals surface area (Å²) in [5, 5.41) is 2.81. The monoisotopic (exact) mass is 488 g/mol. The molecular formula is C20H14Cl2N6O3S. The van der Waals surface area contributed by atoms with E-state index in [4.69, 9.17) is 23.2 Å². The Morgan fingerprint density at radius 1 is 1.03 bits per heavy atom. The number of rotatable bonds is 3. The molecule has 9 nitrogen and oxygen atoms in total. The number of benzene rings is 1. The molecule has 0 radical (unpaired) electrons. The SMILES string of the molecule is Cn1c(=O)c2c(nc(Cl)n2Cc2nc3scc(-c4ccccc4Cl)c3c(=O)[nH]2)n(C)c1=O. The van der Waals surface area contributed by atoms with Crippen LogP contribution in [0.1, 0.15) is 5.82 Å². The van der Waals surface area contributed by atoms with Crippen molar-refractivity contribution in [2.24, 2.45) is 14.1 Å². The van der Waals surface area contributed by atoms with Crippen LogP contribution in [0, 0.1) is 0 Å². The van der Waals surface area contributed by atoms with Crippen LogP contribution < -0.4 is 16.8 Å². The summed E-state index contributed by atoms with van der Waals surface area (Å²) in [6, 6.07) is 7.27. The summed E-state index contributed by atoms with van der Waals surface area (Å²) in [5.41, 5.74) is 0.362. The molecule has 4 heterocycles. The molecule has 5 rings (SSSR count). The lowest BCUT2D eigenvalue weighted by Crippen LogP contribution is -2.37. The van der Waals surface area contributed by atoms with Crippen LogP contribution in [0.2, 0.25) is 10.3 Å². The first kappa shape index (κ1) is 20.7. The molecule has 0 aliphatic heterocycles. The highest BCUT2D eigenvalue weighted by Crippen LogP contribution is 2.34. The van der Waals surface area contributed by atoms with Gasteiger partial charge in [-0.3, -0.25) is 18.7 Å². The Kier molecular flexibility index (Phi) is 4.81. The maximum absolute atomic E-state index is 13.0. The van der Waals surface area contributed by atoms with E-state index >= 15 is 0 Å². The van der Waals surface area contributed by atoms with Crippen LogP contribution in [0.4, 0.5) is 0 Å². The Labute approximate surface area is 193 Å². The van der Waals surface area contributed by atoms with E-state index in [-0.39, 0.29) is 28.6 Å². The van der Waals surface area contributed by atoms with Gasteiger partial charge in [0.15, 0.2) is 11.2 Å². The quantitative estimate of drug-likeness (QED) is 0.392. The first-order valence-corrected chi connectivity index (χ1v) is 11.0. The van der Waals surface area contributed by atoms with Crippen molar-refractivity contribution >= 4 is 55.9 Å². The predicted octanol–water partition coefficient (Wildman–Crippen LogP) is 2.75. The summed E-state index contributed by atoms with van der Waals surface area (Å²) in [7, 11) is 2.88. The summed E-state index contributed by atoms with van der Waals surface area (Å²) < 4.78 is 3.64. The average molecular weight is 489 g/mol. The third-order valence-corrected chi connectivity index (χ3v) is 6.76. The molecule has 4 aromatic heterocycles. The Balaban J connectivity index is 1.67. The van der Waals surface area contributed by atoms with Gasteiger partial charge < -0.3 is 9.55 Å². The number of aromatic nitrogens is 6. The van der Waals surface area contributed by atoms with Gasteiger partial charge in [0.1, 0.15) is 10.7 Å². The topological polar surface area (TPSA) is 108 Å². The number of aryl methyl sites for hydroxylation is 1. The van der Waals surface area contributed by atoms with Crippen molar-refractivity contribution in [2.45, 2.75) is 6.54 Å². The van der Waals surface area contributed by atoms with Crippen LogP contribution >= 0.6 is 34.5 Å². The van der Waals surface area contributed by atoms with E-state index in [0.717, 1.165) is 10.1 Å². The minimum Gasteiger partial charge on any atom is -0.308 e. The molecule has 1 aromatic carbocycles. The van der Waals surface area contributed by atoms with Gasteiger partial charge in [-0.25, -0.2) is 9.78 Å². The van der Waals surface area contributed by atoms with Crippen molar-refractivity contribution in [3.8, 4) is 11.1 Å². The molecule has 0 aliphatic rings. The van der Waals surface area contributed by atoms with Crippen molar-refractivity contribution in [1.82, 2.24) is 28.7 Å². The fraction of sp³-hybridized carbons (Fsp3) is 0.150. The van der Waals surface area contributed by atoms with Crippen molar-refractivity contribution in [2.75, 3.05) is 0 Å². The van der Waals surface area contributed by atoms with Crippen LogP contribution in [0.3, 0.4) is 0 Å². The van der Waals surface area contributed by atoms with Gasteiger partial charge in [0, 0.05) is 35.6 Å². The number of hydrogen-bond donors (Lipinski definition) is 1. The van der Waals surface area contributed by atoms with E-state index in [9.17, 15) is 14.4 Å². The number of nitrogens with zero attached hydrogens (tertiary/aromatic N) is 5. The van der Waals surface area contributed by atoms with Crippen LogP contribution in [-0.4, -0.2) is 28.7 Å². The zero-order valence-corrected chi connectivity index (χ0v) is 19.0. The van der Waals surface area contributed by atoms with Crippen molar-refractivity contribution in [1.29, 1.82) is 0 Å². The number of imidazole rings is 1. The smallest absolute Gasteiger partial charge is 0.308 e. The number of aromatic amines is 1. The molecule has 0 unspecified atom stereocenters. The normalized spacial score (nSPS) is 11.6. The van der Waals surface area contributed by atoms with Crippen molar-refractivity contribution in [3.05, 3.63) is 77.0 Å². The van der Waals surface area contributed by atoms with E-state index in [0.29, 0.717) is 26.6 Å². The summed E-state index contributed by atoms with van der Waals surface area (Å²) in [5.74, 6) is 0.298. The number of hydrogen-bond acceptors (Lipinski definition) is 6. The standard InChI is InChI=1S/C20H14Cl2N6O3S/c1-26-15-14(18(30)27(2)20(26)31)28(19(22)25-15)7-12-23-16(29)13-10(8-32-17(13)24-12)9-5-3-4-6-11(9)21/h3-6,8H,7H2,1-2H3,(H,23,24,29). The van der Waals surface area contributed by atoms with Gasteiger partial charge in [-0.05, 0) is 17.7 Å². The largest absolute Gasteiger partial charge is 0.332 e. The fourth-order valence-corrected chi connectivity index (χ4v) is 5.08. The second-order valence-electron chi connectivity index (χ2n) is 7.17. The maximum Gasteiger partial charge on any atom is 0.332 e. The highest BCUT2D eigenvalue weighted by molar-refractivity contribution is 7.17. The highest BCUT2D eigenvalue weighted by atomic mass is 35.5. The maximum atomic E-state index is 13.0. The number of fused-ring (bicyclic) bond motifs is 2. The molecule has 5 aromatic rings. The zero-order chi connectivity index (χ0) is 22.7. The lowest BCUT2D eigenvalue weighted by atomic mass is 10.1. The Morgan fingerprint density at radius 2 is 1.78 bits per heavy atom. The number of nitrogens with one attached hydrogen (secondary N) is 1. The second kappa shape index (κ2) is 7.44. The van der Waals surface area contributed by atoms with E-state index < -0.39 is 11.2 Å². The molecule has 0 saturated carbocycles. The van der Waals surface area contributed by atoms with Gasteiger partial charge in [0.25, 0.3) is 11.1 Å². The number of thiophene rings is 1. The molecule has 0 spiro atoms. The highest BCUT2D eigenvalue weighted by Gasteiger charge is 2.20. The minimum absolute atomic E-state index is 0.00369. The number of halogens is 2. The van der Waals surface area contributed by atoms with Crippen LogP contribution in [0.25, 0.3) is 32.5 Å². The zero-order valence-electron chi connectivity index (χ0n) is 16.7. The third-order valence-electron chi connectivity index (χ3n) is 5.27. The first-order valence-electron chi connectivity index (χ1n) is 9.35. The van der Waals surface area contributed by atoms with Gasteiger partial charge in [-0.15, -0.1) is 11.3 Å². The fourth-order valence-electron chi connectivity index (χ4n) is 3.66. The van der Waals surface area contributed by atoms with E-state index in [1.54, 1.807) is 6.07 Å². The molecule has 0 amide bonds. The third kappa shape index (κ3) is 3.02. The molecule has 0 aliphatic carbocycles. The molecule has 0 bridgehead atoms. The van der Waals surface area contributed by atoms with Gasteiger partial charge in [-0.2, -0.15) is 4.98 Å². The van der Waals surface area contributed by atoms with Gasteiger partial charge in [-0.1, -0.05) is 29.8 Å². The molecule has 0 fully saturated rings. The minimum atomic E-state index is -0.539. The first-order chi connectivity index (χ1) is 15.3. The molecule has 0 saturated heterocycles. The predicted molar refractivity (Wildman–Crippen MR) is 125 cm³/mol. The van der Waals surface area contributed by atoms with Crippen LogP contribution in [-0.2, 0) is 20.6 Å². The van der Waals surface area contributed by atoms with E-state index in [2.05, 4.69) is 15.0 Å². The summed E-state index contributed by atoms with van der Waals surface area (Å²) in [6.45, 7) is -0.00666. The Hall–Kier alpha value is -3.21. The summed E-state index contributed by atoms with van der Waals surface area (Å²) in [4.78, 5) is 49.9. The Morgan fingerprint density at radius 3 is 2.53 bits per heavy atom. The summed E-state index contributed by atoms with van der Waals surface area (Å²) >= 11 is 13.9. The van der Waals surface area contributed by atoms with Crippen LogP contribution in [0.5, 0.6) is 0 Å². The molecular weight excluding hydrogens is 475 g/mol. The van der Waals surface area contributed by atoms with E-state index in [1.165, 1.54) is 34.6 Å². The number of H-pyrrole nitrogens is 1. The lowest BCUT2D eigenvalue weighted by Gasteiger charge is -2.07. The molecule has 1 N–H and O–H groups in total. The van der Waals surface area contributed by atoms with Gasteiger partial charge in [0.05, 0.1) is 11.9 Å². The molecule has 162 valence electrons. The lowest BCUT2D eigenvalue weighted by molar-refractivity contribution is 0.698. The van der Waals surface area contributed by atoms with E-state index in [1.807, 2.05) is 23.6 Å². The van der Waals surface area contributed by atoms with Gasteiger partial charge in [0.2, 0.25) is 5.28 Å². The van der Waals surface area contributed by atoms with Crippen LogP contribution in [0.15, 0.2) is 44.0 Å². The average Bonchev–Trinajstić information content (AvgIpc) is 3.33. The van der Waals surface area contributed by atoms with Gasteiger partial charge >= 0.3 is 5.69 Å². The Bertz CT molecular complexity index is 1730. The van der Waals surface area contributed by atoms with Crippen molar-refractivity contribution in [3.63, 3.8) is 0 Å². The van der Waals surface area contributed by atoms with Crippen molar-refractivity contribution < 1.29 is 0 Å². The second-order valence-corrected chi connectivity index (χ2v) is 8.77. The summed E-state index contributed by atoms with van der Waals surface area (Å²) in [6.07, 6.45) is 0. The molecule has 12 heteroatoms.